The first-order valence-electron chi connectivity index (χ1n) is 7.85. The Kier molecular flexibility index (Phi) is 8.09. The lowest BCUT2D eigenvalue weighted by atomic mass is 10.1. The van der Waals surface area contributed by atoms with Gasteiger partial charge in [0.2, 0.25) is 0 Å². The summed E-state index contributed by atoms with van der Waals surface area (Å²) in [7, 11) is -7.71. The molecular weight excluding hydrogens is 329 g/mol. The highest BCUT2D eigenvalue weighted by atomic mass is 28.4. The van der Waals surface area contributed by atoms with E-state index in [0.29, 0.717) is 12.0 Å². The van der Waals surface area contributed by atoms with Crippen molar-refractivity contribution in [2.75, 3.05) is 6.54 Å². The Bertz CT molecular complexity index is 394. The fourth-order valence-electron chi connectivity index (χ4n) is 1.97. The molecule has 2 atom stereocenters. The lowest BCUT2D eigenvalue weighted by Gasteiger charge is -2.40. The largest absolute Gasteiger partial charge is 0.673 e. The SMILES string of the molecule is CC[C@H](O[Si](C)(C)C(C)(C)C)[C@H]1CCNC(N)=[NH+]1.F[B-](F)(F)F. The van der Waals surface area contributed by atoms with Crippen LogP contribution in [0.15, 0.2) is 0 Å². The number of rotatable bonds is 4. The van der Waals surface area contributed by atoms with Gasteiger partial charge >= 0.3 is 13.2 Å². The van der Waals surface area contributed by atoms with Crippen LogP contribution in [0.4, 0.5) is 17.3 Å². The molecule has 0 saturated carbocycles. The van der Waals surface area contributed by atoms with Gasteiger partial charge in [-0.25, -0.2) is 0 Å². The molecule has 0 saturated heterocycles. The Morgan fingerprint density at radius 3 is 2.17 bits per heavy atom. The minimum atomic E-state index is -6.00. The van der Waals surface area contributed by atoms with Gasteiger partial charge in [0, 0.05) is 6.42 Å². The molecule has 1 rings (SSSR count). The zero-order valence-electron chi connectivity index (χ0n) is 14.9. The zero-order valence-corrected chi connectivity index (χ0v) is 15.9. The Labute approximate surface area is 137 Å². The van der Waals surface area contributed by atoms with Gasteiger partial charge in [-0.1, -0.05) is 27.7 Å². The molecule has 0 aromatic heterocycles. The molecule has 0 aliphatic carbocycles. The van der Waals surface area contributed by atoms with Crippen molar-refractivity contribution >= 4 is 21.5 Å². The average Bonchev–Trinajstić information content (AvgIpc) is 2.32. The van der Waals surface area contributed by atoms with Gasteiger partial charge in [0.1, 0.15) is 6.04 Å². The summed E-state index contributed by atoms with van der Waals surface area (Å²) in [6.45, 7) is 14.6. The van der Waals surface area contributed by atoms with E-state index in [4.69, 9.17) is 10.2 Å². The van der Waals surface area contributed by atoms with E-state index in [-0.39, 0.29) is 11.1 Å². The number of halogens is 4. The summed E-state index contributed by atoms with van der Waals surface area (Å²) >= 11 is 0. The molecule has 1 heterocycles. The number of guanidine groups is 1. The van der Waals surface area contributed by atoms with Crippen LogP contribution in [0.2, 0.25) is 18.1 Å². The van der Waals surface area contributed by atoms with Crippen molar-refractivity contribution in [3.63, 3.8) is 0 Å². The molecule has 0 spiro atoms. The van der Waals surface area contributed by atoms with Crippen LogP contribution in [0.5, 0.6) is 0 Å². The summed E-state index contributed by atoms with van der Waals surface area (Å²) in [4.78, 5) is 3.32. The van der Waals surface area contributed by atoms with Gasteiger partial charge in [-0.15, -0.1) is 0 Å². The van der Waals surface area contributed by atoms with Gasteiger partial charge < -0.3 is 21.7 Å². The van der Waals surface area contributed by atoms with E-state index in [2.05, 4.69) is 51.1 Å². The molecular formula is C13H30BF4N3OSi. The highest BCUT2D eigenvalue weighted by Crippen LogP contribution is 2.37. The van der Waals surface area contributed by atoms with Gasteiger partial charge in [-0.3, -0.25) is 16.0 Å². The molecule has 0 unspecified atom stereocenters. The molecule has 1 aliphatic heterocycles. The maximum Gasteiger partial charge on any atom is 0.673 e. The zero-order chi connectivity index (χ0) is 18.5. The second-order valence-electron chi connectivity index (χ2n) is 7.20. The third-order valence-corrected chi connectivity index (χ3v) is 8.72. The molecule has 138 valence electrons. The van der Waals surface area contributed by atoms with Crippen molar-refractivity contribution in [1.29, 1.82) is 0 Å². The average molecular weight is 359 g/mol. The number of nitrogens with two attached hydrogens (primary N) is 1. The highest BCUT2D eigenvalue weighted by Gasteiger charge is 2.41. The molecule has 0 fully saturated rings. The van der Waals surface area contributed by atoms with Crippen LogP contribution >= 0.6 is 0 Å². The third-order valence-electron chi connectivity index (χ3n) is 4.22. The Hall–Kier alpha value is -0.768. The van der Waals surface area contributed by atoms with Gasteiger partial charge in [0.15, 0.2) is 8.32 Å². The Morgan fingerprint density at radius 1 is 1.35 bits per heavy atom. The van der Waals surface area contributed by atoms with Crippen LogP contribution in [0.1, 0.15) is 40.5 Å². The van der Waals surface area contributed by atoms with E-state index in [1.165, 1.54) is 0 Å². The van der Waals surface area contributed by atoms with Crippen LogP contribution in [0.25, 0.3) is 0 Å². The number of hydrogen-bond acceptors (Lipinski definition) is 3. The fourth-order valence-corrected chi connectivity index (χ4v) is 3.41. The summed E-state index contributed by atoms with van der Waals surface area (Å²) in [6.07, 6.45) is 2.34. The topological polar surface area (TPSA) is 61.2 Å². The van der Waals surface area contributed by atoms with Crippen molar-refractivity contribution in [3.8, 4) is 0 Å². The van der Waals surface area contributed by atoms with Crippen molar-refractivity contribution in [1.82, 2.24) is 5.32 Å². The van der Waals surface area contributed by atoms with E-state index >= 15 is 0 Å². The summed E-state index contributed by atoms with van der Waals surface area (Å²) < 4.78 is 45.5. The first-order valence-corrected chi connectivity index (χ1v) is 10.8. The van der Waals surface area contributed by atoms with E-state index in [1.807, 2.05) is 0 Å². The second-order valence-corrected chi connectivity index (χ2v) is 12.0. The maximum atomic E-state index is 9.75. The fraction of sp³-hybridized carbons (Fsp3) is 0.923. The molecule has 0 amide bonds. The van der Waals surface area contributed by atoms with E-state index in [9.17, 15) is 17.3 Å². The minimum Gasteiger partial charge on any atom is -0.418 e. The number of nitrogens with one attached hydrogen (secondary N) is 2. The predicted octanol–water partition coefficient (Wildman–Crippen LogP) is 1.84. The summed E-state index contributed by atoms with van der Waals surface area (Å²) in [5, 5.41) is 3.38. The first kappa shape index (κ1) is 22.2. The third kappa shape index (κ3) is 9.19. The quantitative estimate of drug-likeness (QED) is 0.530. The molecule has 4 nitrogen and oxygen atoms in total. The van der Waals surface area contributed by atoms with Crippen molar-refractivity contribution in [2.45, 2.75) is 70.8 Å². The maximum absolute atomic E-state index is 9.75. The summed E-state index contributed by atoms with van der Waals surface area (Å²) in [5.41, 5.74) is 5.82. The van der Waals surface area contributed by atoms with Crippen LogP contribution in [-0.4, -0.2) is 40.2 Å². The van der Waals surface area contributed by atoms with Crippen molar-refractivity contribution < 1.29 is 26.7 Å². The summed E-state index contributed by atoms with van der Waals surface area (Å²) in [6, 6.07) is 0.338. The van der Waals surface area contributed by atoms with Crippen molar-refractivity contribution in [3.05, 3.63) is 0 Å². The van der Waals surface area contributed by atoms with Crippen LogP contribution in [0.3, 0.4) is 0 Å². The Morgan fingerprint density at radius 2 is 1.83 bits per heavy atom. The van der Waals surface area contributed by atoms with Gasteiger partial charge in [-0.2, -0.15) is 0 Å². The lowest BCUT2D eigenvalue weighted by Crippen LogP contribution is -2.89. The molecule has 1 aliphatic rings. The molecule has 0 bridgehead atoms. The van der Waals surface area contributed by atoms with E-state index in [1.54, 1.807) is 0 Å². The second kappa shape index (κ2) is 8.37. The number of hydrogen-bond donors (Lipinski definition) is 3. The van der Waals surface area contributed by atoms with Crippen LogP contribution in [0, 0.1) is 0 Å². The first-order chi connectivity index (χ1) is 10.2. The molecule has 0 aromatic carbocycles. The highest BCUT2D eigenvalue weighted by molar-refractivity contribution is 6.74. The molecule has 10 heteroatoms. The smallest absolute Gasteiger partial charge is 0.418 e. The molecule has 23 heavy (non-hydrogen) atoms. The Balaban J connectivity index is 0.000000841. The van der Waals surface area contributed by atoms with Gasteiger partial charge in [0.05, 0.1) is 12.6 Å². The molecule has 0 radical (unpaired) electrons. The molecule has 4 N–H and O–H groups in total. The van der Waals surface area contributed by atoms with E-state index < -0.39 is 15.6 Å². The van der Waals surface area contributed by atoms with Crippen molar-refractivity contribution in [2.24, 2.45) is 5.73 Å². The van der Waals surface area contributed by atoms with Crippen LogP contribution in [-0.2, 0) is 4.43 Å². The lowest BCUT2D eigenvalue weighted by molar-refractivity contribution is -0.523. The van der Waals surface area contributed by atoms with E-state index in [0.717, 1.165) is 19.4 Å². The normalized spacial score (nSPS) is 20.8. The predicted molar refractivity (Wildman–Crippen MR) is 89.1 cm³/mol. The van der Waals surface area contributed by atoms with Crippen LogP contribution < -0.4 is 16.0 Å². The summed E-state index contributed by atoms with van der Waals surface area (Å²) in [5.74, 6) is 0.684. The molecule has 0 aromatic rings. The minimum absolute atomic E-state index is 0.253. The van der Waals surface area contributed by atoms with Gasteiger partial charge in [0.25, 0.3) is 0 Å². The standard InChI is InChI=1S/C13H29N3OSi.BF4/c1-7-11(10-8-9-15-12(14)16-10)17-18(5,6)13(2,3)4;2-1(3,4)5/h10-11H,7-9H2,1-6H3,(H3,14,15,16);/q;-1/p+1/t10-,11+;/m1./s1. The van der Waals surface area contributed by atoms with Gasteiger partial charge in [-0.05, 0) is 24.6 Å². The monoisotopic (exact) mass is 359 g/mol.